The highest BCUT2D eigenvalue weighted by molar-refractivity contribution is 5.99. The number of hydrogen-bond acceptors (Lipinski definition) is 3. The van der Waals surface area contributed by atoms with E-state index >= 15 is 0 Å². The summed E-state index contributed by atoms with van der Waals surface area (Å²) in [5.74, 6) is -0.682. The van der Waals surface area contributed by atoms with Gasteiger partial charge in [-0.25, -0.2) is 4.39 Å². The van der Waals surface area contributed by atoms with Crippen molar-refractivity contribution in [2.45, 2.75) is 39.2 Å². The molecule has 0 aliphatic heterocycles. The lowest BCUT2D eigenvalue weighted by Gasteiger charge is -2.19. The highest BCUT2D eigenvalue weighted by Gasteiger charge is 2.18. The van der Waals surface area contributed by atoms with Crippen LogP contribution in [0.2, 0.25) is 0 Å². The van der Waals surface area contributed by atoms with Gasteiger partial charge >= 0.3 is 0 Å². The van der Waals surface area contributed by atoms with E-state index in [4.69, 9.17) is 4.74 Å². The van der Waals surface area contributed by atoms with Crippen LogP contribution in [0.1, 0.15) is 43.5 Å². The van der Waals surface area contributed by atoms with Gasteiger partial charge in [-0.05, 0) is 25.0 Å². The van der Waals surface area contributed by atoms with Crippen molar-refractivity contribution in [3.05, 3.63) is 29.6 Å². The second-order valence-electron chi connectivity index (χ2n) is 5.00. The number of halogens is 1. The van der Waals surface area contributed by atoms with Gasteiger partial charge in [0, 0.05) is 13.7 Å². The number of ether oxygens (including phenoxy) is 1. The van der Waals surface area contributed by atoms with E-state index in [2.05, 4.69) is 10.6 Å². The largest absolute Gasteiger partial charge is 0.383 e. The third-order valence-corrected chi connectivity index (χ3v) is 3.15. The van der Waals surface area contributed by atoms with Crippen LogP contribution in [0.3, 0.4) is 0 Å². The van der Waals surface area contributed by atoms with E-state index in [0.717, 1.165) is 19.3 Å². The van der Waals surface area contributed by atoms with Crippen molar-refractivity contribution in [2.24, 2.45) is 0 Å². The fourth-order valence-corrected chi connectivity index (χ4v) is 2.15. The maximum atomic E-state index is 13.9. The van der Waals surface area contributed by atoms with Crippen molar-refractivity contribution >= 4 is 11.6 Å². The molecule has 1 atom stereocenters. The van der Waals surface area contributed by atoms with Crippen LogP contribution in [0.4, 0.5) is 10.1 Å². The first-order valence-corrected chi connectivity index (χ1v) is 7.46. The smallest absolute Gasteiger partial charge is 0.253 e. The van der Waals surface area contributed by atoms with Gasteiger partial charge in [0.2, 0.25) is 0 Å². The molecule has 0 aliphatic rings. The second kappa shape index (κ2) is 9.34. The standard InChI is InChI=1S/C16H25FN2O2/c1-4-7-12(11-21-3)19-16(20)13-8-6-9-14(17)15(13)18-10-5-2/h6,8-9,12,18H,4-5,7,10-11H2,1-3H3,(H,19,20). The van der Waals surface area contributed by atoms with E-state index in [9.17, 15) is 9.18 Å². The summed E-state index contributed by atoms with van der Waals surface area (Å²) < 4.78 is 19.0. The number of carbonyl (C=O) groups is 1. The molecular weight excluding hydrogens is 271 g/mol. The molecule has 0 bridgehead atoms. The highest BCUT2D eigenvalue weighted by Crippen LogP contribution is 2.20. The van der Waals surface area contributed by atoms with Gasteiger partial charge in [0.1, 0.15) is 5.82 Å². The van der Waals surface area contributed by atoms with E-state index in [1.807, 2.05) is 13.8 Å². The Labute approximate surface area is 126 Å². The summed E-state index contributed by atoms with van der Waals surface area (Å²) in [5.41, 5.74) is 0.602. The van der Waals surface area contributed by atoms with E-state index in [0.29, 0.717) is 18.7 Å². The summed E-state index contributed by atoms with van der Waals surface area (Å²) in [6, 6.07) is 4.47. The minimum atomic E-state index is -0.408. The lowest BCUT2D eigenvalue weighted by molar-refractivity contribution is 0.0892. The van der Waals surface area contributed by atoms with Crippen LogP contribution in [0.5, 0.6) is 0 Å². The van der Waals surface area contributed by atoms with Gasteiger partial charge in [0.15, 0.2) is 0 Å². The molecular formula is C16H25FN2O2. The zero-order valence-corrected chi connectivity index (χ0v) is 13.0. The van der Waals surface area contributed by atoms with Crippen LogP contribution in [-0.4, -0.2) is 32.2 Å². The van der Waals surface area contributed by atoms with E-state index in [1.165, 1.54) is 6.07 Å². The van der Waals surface area contributed by atoms with Gasteiger partial charge in [0.25, 0.3) is 5.91 Å². The monoisotopic (exact) mass is 296 g/mol. The molecule has 118 valence electrons. The maximum absolute atomic E-state index is 13.9. The quantitative estimate of drug-likeness (QED) is 0.736. The van der Waals surface area contributed by atoms with Crippen molar-refractivity contribution in [3.8, 4) is 0 Å². The minimum Gasteiger partial charge on any atom is -0.383 e. The van der Waals surface area contributed by atoms with Gasteiger partial charge in [-0.3, -0.25) is 4.79 Å². The summed E-state index contributed by atoms with van der Waals surface area (Å²) >= 11 is 0. The van der Waals surface area contributed by atoms with E-state index in [1.54, 1.807) is 19.2 Å². The number of rotatable bonds is 9. The third kappa shape index (κ3) is 5.34. The number of para-hydroxylation sites is 1. The second-order valence-corrected chi connectivity index (χ2v) is 5.00. The molecule has 4 nitrogen and oxygen atoms in total. The molecule has 0 radical (unpaired) electrons. The zero-order chi connectivity index (χ0) is 15.7. The molecule has 0 aliphatic carbocycles. The van der Waals surface area contributed by atoms with Gasteiger partial charge < -0.3 is 15.4 Å². The third-order valence-electron chi connectivity index (χ3n) is 3.15. The number of methoxy groups -OCH3 is 1. The van der Waals surface area contributed by atoms with Gasteiger partial charge in [0.05, 0.1) is 23.9 Å². The molecule has 1 aromatic carbocycles. The van der Waals surface area contributed by atoms with Crippen molar-refractivity contribution in [3.63, 3.8) is 0 Å². The molecule has 2 N–H and O–H groups in total. The maximum Gasteiger partial charge on any atom is 0.253 e. The predicted octanol–water partition coefficient (Wildman–Crippen LogP) is 3.19. The molecule has 5 heteroatoms. The summed E-state index contributed by atoms with van der Waals surface area (Å²) in [4.78, 5) is 12.4. The molecule has 0 heterocycles. The number of nitrogens with one attached hydrogen (secondary N) is 2. The molecule has 1 rings (SSSR count). The Kier molecular flexibility index (Phi) is 7.75. The summed E-state index contributed by atoms with van der Waals surface area (Å²) in [5, 5.41) is 5.89. The molecule has 0 aromatic heterocycles. The van der Waals surface area contributed by atoms with Crippen LogP contribution >= 0.6 is 0 Å². The zero-order valence-electron chi connectivity index (χ0n) is 13.0. The normalized spacial score (nSPS) is 12.0. The molecule has 0 spiro atoms. The van der Waals surface area contributed by atoms with E-state index < -0.39 is 5.82 Å². The topological polar surface area (TPSA) is 50.4 Å². The Morgan fingerprint density at radius 3 is 2.71 bits per heavy atom. The number of anilines is 1. The summed E-state index contributed by atoms with van der Waals surface area (Å²) in [7, 11) is 1.60. The Morgan fingerprint density at radius 2 is 2.10 bits per heavy atom. The highest BCUT2D eigenvalue weighted by atomic mass is 19.1. The average Bonchev–Trinajstić information content (AvgIpc) is 2.46. The Balaban J connectivity index is 2.87. The van der Waals surface area contributed by atoms with Crippen molar-refractivity contribution in [1.29, 1.82) is 0 Å². The van der Waals surface area contributed by atoms with Gasteiger partial charge in [-0.1, -0.05) is 26.3 Å². The van der Waals surface area contributed by atoms with Crippen molar-refractivity contribution in [1.82, 2.24) is 5.32 Å². The molecule has 21 heavy (non-hydrogen) atoms. The first-order chi connectivity index (χ1) is 10.1. The van der Waals surface area contributed by atoms with Crippen molar-refractivity contribution < 1.29 is 13.9 Å². The fourth-order valence-electron chi connectivity index (χ4n) is 2.15. The average molecular weight is 296 g/mol. The predicted molar refractivity (Wildman–Crippen MR) is 83.2 cm³/mol. The lowest BCUT2D eigenvalue weighted by atomic mass is 10.1. The molecule has 1 aromatic rings. The van der Waals surface area contributed by atoms with Crippen LogP contribution < -0.4 is 10.6 Å². The van der Waals surface area contributed by atoms with Crippen LogP contribution in [0.25, 0.3) is 0 Å². The molecule has 1 unspecified atom stereocenters. The van der Waals surface area contributed by atoms with Crippen LogP contribution in [0.15, 0.2) is 18.2 Å². The minimum absolute atomic E-state index is 0.0604. The molecule has 0 saturated carbocycles. The molecule has 0 fully saturated rings. The Bertz CT molecular complexity index is 446. The number of carbonyl (C=O) groups excluding carboxylic acids is 1. The Hall–Kier alpha value is -1.62. The number of hydrogen-bond donors (Lipinski definition) is 2. The SMILES string of the molecule is CCCNc1c(F)cccc1C(=O)NC(CCC)COC. The first kappa shape index (κ1) is 17.4. The van der Waals surface area contributed by atoms with Gasteiger partial charge in [-0.2, -0.15) is 0 Å². The first-order valence-electron chi connectivity index (χ1n) is 7.46. The van der Waals surface area contributed by atoms with Gasteiger partial charge in [-0.15, -0.1) is 0 Å². The van der Waals surface area contributed by atoms with E-state index in [-0.39, 0.29) is 17.6 Å². The van der Waals surface area contributed by atoms with Crippen molar-refractivity contribution in [2.75, 3.05) is 25.6 Å². The molecule has 1 amide bonds. The Morgan fingerprint density at radius 1 is 1.33 bits per heavy atom. The van der Waals surface area contributed by atoms with Crippen LogP contribution in [0, 0.1) is 5.82 Å². The fraction of sp³-hybridized carbons (Fsp3) is 0.562. The molecule has 0 saturated heterocycles. The van der Waals surface area contributed by atoms with Crippen LogP contribution in [-0.2, 0) is 4.74 Å². The summed E-state index contributed by atoms with van der Waals surface area (Å²) in [6.07, 6.45) is 2.63. The lowest BCUT2D eigenvalue weighted by Crippen LogP contribution is -2.38. The number of amides is 1. The number of benzene rings is 1. The summed E-state index contributed by atoms with van der Waals surface area (Å²) in [6.45, 7) is 5.11.